The van der Waals surface area contributed by atoms with E-state index in [0.29, 0.717) is 0 Å². The molecular weight excluding hydrogens is 176 g/mol. The molecule has 0 aliphatic carbocycles. The number of Topliss-reactive ketones (excluding diaryl/α,β-unsaturated/α-hetero) is 1. The Morgan fingerprint density at radius 3 is 2.91 bits per heavy atom. The molecule has 0 amide bonds. The number of thioether (sulfide) groups is 1. The van der Waals surface area contributed by atoms with E-state index in [0.717, 1.165) is 0 Å². The molecule has 3 heteroatoms. The average Bonchev–Trinajstić information content (AvgIpc) is 2.39. The largest absolute Gasteiger partial charge is 0.299 e. The van der Waals surface area contributed by atoms with Crippen LogP contribution in [0.1, 0.15) is 13.8 Å². The Kier molecular flexibility index (Phi) is 3.15. The lowest BCUT2D eigenvalue weighted by Gasteiger charge is -2.03. The van der Waals surface area contributed by atoms with Gasteiger partial charge in [0.15, 0.2) is 0 Å². The molecule has 1 nitrogen and oxygen atoms in total. The highest BCUT2D eigenvalue weighted by molar-refractivity contribution is 8.02. The van der Waals surface area contributed by atoms with Crippen molar-refractivity contribution in [2.75, 3.05) is 0 Å². The van der Waals surface area contributed by atoms with Gasteiger partial charge in [-0.15, -0.1) is 23.1 Å². The molecule has 0 aromatic carbocycles. The van der Waals surface area contributed by atoms with Crippen molar-refractivity contribution in [3.05, 3.63) is 17.5 Å². The van der Waals surface area contributed by atoms with E-state index in [1.165, 1.54) is 4.21 Å². The zero-order valence-corrected chi connectivity index (χ0v) is 8.17. The lowest BCUT2D eigenvalue weighted by Crippen LogP contribution is -2.06. The van der Waals surface area contributed by atoms with E-state index < -0.39 is 0 Å². The quantitative estimate of drug-likeness (QED) is 0.675. The molecule has 0 saturated heterocycles. The summed E-state index contributed by atoms with van der Waals surface area (Å²) >= 11 is 3.31. The van der Waals surface area contributed by atoms with Gasteiger partial charge in [0, 0.05) is 0 Å². The second-order valence-electron chi connectivity index (χ2n) is 2.30. The second kappa shape index (κ2) is 3.93. The first kappa shape index (κ1) is 8.81. The van der Waals surface area contributed by atoms with Crippen molar-refractivity contribution in [3.8, 4) is 0 Å². The summed E-state index contributed by atoms with van der Waals surface area (Å²) in [6.45, 7) is 3.57. The molecule has 11 heavy (non-hydrogen) atoms. The molecule has 1 aromatic rings. The van der Waals surface area contributed by atoms with E-state index in [9.17, 15) is 4.79 Å². The van der Waals surface area contributed by atoms with Crippen molar-refractivity contribution in [1.29, 1.82) is 0 Å². The van der Waals surface area contributed by atoms with Crippen LogP contribution in [0.2, 0.25) is 0 Å². The monoisotopic (exact) mass is 186 g/mol. The van der Waals surface area contributed by atoms with Gasteiger partial charge in [0.25, 0.3) is 0 Å². The summed E-state index contributed by atoms with van der Waals surface area (Å²) in [6.07, 6.45) is 0. The van der Waals surface area contributed by atoms with Crippen LogP contribution in [0.15, 0.2) is 21.7 Å². The third kappa shape index (κ3) is 2.67. The minimum absolute atomic E-state index is 0.0913. The molecule has 0 bridgehead atoms. The molecule has 1 rings (SSSR count). The van der Waals surface area contributed by atoms with Gasteiger partial charge in [0.1, 0.15) is 5.78 Å². The molecule has 1 unspecified atom stereocenters. The molecule has 0 aliphatic rings. The van der Waals surface area contributed by atoms with Gasteiger partial charge < -0.3 is 0 Å². The predicted octanol–water partition coefficient (Wildman–Crippen LogP) is 2.82. The van der Waals surface area contributed by atoms with E-state index in [-0.39, 0.29) is 11.0 Å². The molecule has 60 valence electrons. The number of thiophene rings is 1. The molecule has 1 atom stereocenters. The van der Waals surface area contributed by atoms with Crippen LogP contribution >= 0.6 is 23.1 Å². The van der Waals surface area contributed by atoms with Crippen LogP contribution in [-0.2, 0) is 4.79 Å². The van der Waals surface area contributed by atoms with Crippen molar-refractivity contribution in [3.63, 3.8) is 0 Å². The summed E-state index contributed by atoms with van der Waals surface area (Å²) in [7, 11) is 0. The van der Waals surface area contributed by atoms with Gasteiger partial charge in [-0.3, -0.25) is 4.79 Å². The van der Waals surface area contributed by atoms with Gasteiger partial charge in [-0.25, -0.2) is 0 Å². The normalized spacial score (nSPS) is 12.9. The first-order valence-corrected chi connectivity index (χ1v) is 5.16. The second-order valence-corrected chi connectivity index (χ2v) is 4.89. The maximum Gasteiger partial charge on any atom is 0.142 e. The van der Waals surface area contributed by atoms with Gasteiger partial charge >= 0.3 is 0 Å². The summed E-state index contributed by atoms with van der Waals surface area (Å²) in [4.78, 5) is 10.9. The Morgan fingerprint density at radius 2 is 2.45 bits per heavy atom. The van der Waals surface area contributed by atoms with Crippen LogP contribution in [0.3, 0.4) is 0 Å². The fourth-order valence-corrected chi connectivity index (χ4v) is 2.53. The van der Waals surface area contributed by atoms with Crippen molar-refractivity contribution < 1.29 is 4.79 Å². The van der Waals surface area contributed by atoms with E-state index in [1.807, 2.05) is 24.4 Å². The predicted molar refractivity (Wildman–Crippen MR) is 50.3 cm³/mol. The maximum atomic E-state index is 10.9. The standard InChI is InChI=1S/C8H10OS2/c1-6(9)7(2)11-8-4-3-5-10-8/h3-5,7H,1-2H3. The molecule has 0 fully saturated rings. The smallest absolute Gasteiger partial charge is 0.142 e. The molecule has 0 N–H and O–H groups in total. The van der Waals surface area contributed by atoms with E-state index in [4.69, 9.17) is 0 Å². The lowest BCUT2D eigenvalue weighted by molar-refractivity contribution is -0.116. The van der Waals surface area contributed by atoms with Gasteiger partial charge in [0.2, 0.25) is 0 Å². The van der Waals surface area contributed by atoms with Crippen molar-refractivity contribution in [1.82, 2.24) is 0 Å². The summed E-state index contributed by atoms with van der Waals surface area (Å²) in [5.41, 5.74) is 0. The summed E-state index contributed by atoms with van der Waals surface area (Å²) in [6, 6.07) is 4.04. The Hall–Kier alpha value is -0.280. The summed E-state index contributed by atoms with van der Waals surface area (Å²) < 4.78 is 1.22. The van der Waals surface area contributed by atoms with Gasteiger partial charge in [0.05, 0.1) is 9.46 Å². The first-order valence-electron chi connectivity index (χ1n) is 3.41. The third-order valence-electron chi connectivity index (χ3n) is 1.36. The Bertz CT molecular complexity index is 228. The Labute approximate surface area is 74.8 Å². The molecule has 0 aliphatic heterocycles. The lowest BCUT2D eigenvalue weighted by atomic mass is 10.3. The maximum absolute atomic E-state index is 10.9. The summed E-state index contributed by atoms with van der Waals surface area (Å²) in [5, 5.41) is 2.11. The highest BCUT2D eigenvalue weighted by atomic mass is 32.2. The van der Waals surface area contributed by atoms with E-state index in [1.54, 1.807) is 30.0 Å². The fourth-order valence-electron chi connectivity index (χ4n) is 0.588. The molecule has 1 aromatic heterocycles. The van der Waals surface area contributed by atoms with Crippen molar-refractivity contribution in [2.45, 2.75) is 23.3 Å². The Balaban J connectivity index is 2.50. The van der Waals surface area contributed by atoms with Crippen LogP contribution in [0.5, 0.6) is 0 Å². The first-order chi connectivity index (χ1) is 5.20. The zero-order valence-electron chi connectivity index (χ0n) is 6.53. The zero-order chi connectivity index (χ0) is 8.27. The molecular formula is C8H10OS2. The third-order valence-corrected chi connectivity index (χ3v) is 3.65. The highest BCUT2D eigenvalue weighted by Gasteiger charge is 2.08. The fraction of sp³-hybridized carbons (Fsp3) is 0.375. The average molecular weight is 186 g/mol. The summed E-state index contributed by atoms with van der Waals surface area (Å²) in [5.74, 6) is 0.239. The SMILES string of the molecule is CC(=O)C(C)Sc1cccs1. The number of hydrogen-bond acceptors (Lipinski definition) is 3. The number of hydrogen-bond donors (Lipinski definition) is 0. The van der Waals surface area contributed by atoms with Gasteiger partial charge in [-0.05, 0) is 25.3 Å². The topological polar surface area (TPSA) is 17.1 Å². The molecule has 1 heterocycles. The van der Waals surface area contributed by atoms with Gasteiger partial charge in [-0.2, -0.15) is 0 Å². The van der Waals surface area contributed by atoms with Crippen LogP contribution in [0.4, 0.5) is 0 Å². The molecule has 0 spiro atoms. The number of ketones is 1. The number of carbonyl (C=O) groups excluding carboxylic acids is 1. The van der Waals surface area contributed by atoms with E-state index >= 15 is 0 Å². The Morgan fingerprint density at radius 1 is 1.73 bits per heavy atom. The van der Waals surface area contributed by atoms with Crippen LogP contribution in [0.25, 0.3) is 0 Å². The number of rotatable bonds is 3. The minimum atomic E-state index is 0.0913. The highest BCUT2D eigenvalue weighted by Crippen LogP contribution is 2.27. The molecule has 0 radical (unpaired) electrons. The minimum Gasteiger partial charge on any atom is -0.299 e. The van der Waals surface area contributed by atoms with Crippen molar-refractivity contribution >= 4 is 28.9 Å². The number of carbonyl (C=O) groups is 1. The van der Waals surface area contributed by atoms with Crippen LogP contribution in [-0.4, -0.2) is 11.0 Å². The van der Waals surface area contributed by atoms with E-state index in [2.05, 4.69) is 0 Å². The van der Waals surface area contributed by atoms with Crippen LogP contribution in [0, 0.1) is 0 Å². The van der Waals surface area contributed by atoms with Gasteiger partial charge in [-0.1, -0.05) is 6.07 Å². The van der Waals surface area contributed by atoms with Crippen LogP contribution < -0.4 is 0 Å². The molecule has 0 saturated carbocycles. The van der Waals surface area contributed by atoms with Crippen molar-refractivity contribution in [2.24, 2.45) is 0 Å².